The molecule has 0 aliphatic rings. The highest BCUT2D eigenvalue weighted by Crippen LogP contribution is 2.20. The van der Waals surface area contributed by atoms with Crippen LogP contribution in [0, 0.1) is 5.92 Å². The largest absolute Gasteiger partial charge is 0.496 e. The van der Waals surface area contributed by atoms with E-state index in [0.29, 0.717) is 12.0 Å². The first-order chi connectivity index (χ1) is 7.69. The Morgan fingerprint density at radius 3 is 2.50 bits per heavy atom. The average Bonchev–Trinajstić information content (AvgIpc) is 2.29. The molecule has 0 heterocycles. The lowest BCUT2D eigenvalue weighted by atomic mass is 9.96. The minimum Gasteiger partial charge on any atom is -0.496 e. The molecule has 90 valence electrons. The highest BCUT2D eigenvalue weighted by atomic mass is 16.5. The van der Waals surface area contributed by atoms with Crippen LogP contribution in [0.1, 0.15) is 26.3 Å². The van der Waals surface area contributed by atoms with Gasteiger partial charge in [-0.1, -0.05) is 39.0 Å². The van der Waals surface area contributed by atoms with Crippen molar-refractivity contribution in [2.24, 2.45) is 5.92 Å². The highest BCUT2D eigenvalue weighted by molar-refractivity contribution is 5.33. The summed E-state index contributed by atoms with van der Waals surface area (Å²) in [5.41, 5.74) is 1.28. The van der Waals surface area contributed by atoms with Gasteiger partial charge in [0.1, 0.15) is 5.75 Å². The van der Waals surface area contributed by atoms with Gasteiger partial charge in [-0.15, -0.1) is 0 Å². The molecule has 0 fully saturated rings. The third kappa shape index (κ3) is 3.53. The molecular formula is C14H23NO. The second-order valence-electron chi connectivity index (χ2n) is 4.42. The van der Waals surface area contributed by atoms with E-state index in [2.05, 4.69) is 38.2 Å². The molecule has 0 aliphatic carbocycles. The molecule has 1 aromatic carbocycles. The Kier molecular flexibility index (Phi) is 5.33. The molecule has 1 unspecified atom stereocenters. The van der Waals surface area contributed by atoms with E-state index in [1.165, 1.54) is 5.56 Å². The van der Waals surface area contributed by atoms with Gasteiger partial charge in [-0.3, -0.25) is 0 Å². The first kappa shape index (κ1) is 13.0. The zero-order valence-corrected chi connectivity index (χ0v) is 10.8. The van der Waals surface area contributed by atoms with Gasteiger partial charge in [-0.05, 0) is 30.5 Å². The second kappa shape index (κ2) is 6.54. The molecule has 0 saturated heterocycles. The molecule has 0 aliphatic heterocycles. The maximum atomic E-state index is 5.38. The van der Waals surface area contributed by atoms with Gasteiger partial charge < -0.3 is 10.1 Å². The van der Waals surface area contributed by atoms with E-state index in [0.717, 1.165) is 18.7 Å². The molecule has 0 spiro atoms. The van der Waals surface area contributed by atoms with Crippen LogP contribution in [0.3, 0.4) is 0 Å². The Bertz CT molecular complexity index is 309. The van der Waals surface area contributed by atoms with Crippen molar-refractivity contribution in [3.8, 4) is 5.75 Å². The fraction of sp³-hybridized carbons (Fsp3) is 0.571. The summed E-state index contributed by atoms with van der Waals surface area (Å²) in [6.45, 7) is 7.67. The second-order valence-corrected chi connectivity index (χ2v) is 4.42. The normalized spacial score (nSPS) is 12.8. The molecule has 0 saturated carbocycles. The smallest absolute Gasteiger partial charge is 0.122 e. The first-order valence-electron chi connectivity index (χ1n) is 6.04. The van der Waals surface area contributed by atoms with Gasteiger partial charge in [0.25, 0.3) is 0 Å². The number of likely N-dealkylation sites (N-methyl/N-ethyl adjacent to an activating group) is 1. The monoisotopic (exact) mass is 221 g/mol. The minimum absolute atomic E-state index is 0.515. The van der Waals surface area contributed by atoms with Gasteiger partial charge in [0.2, 0.25) is 0 Å². The van der Waals surface area contributed by atoms with Gasteiger partial charge in [-0.25, -0.2) is 0 Å². The Hall–Kier alpha value is -1.02. The average molecular weight is 221 g/mol. The summed E-state index contributed by atoms with van der Waals surface area (Å²) in [5, 5.41) is 3.53. The molecular weight excluding hydrogens is 198 g/mol. The maximum absolute atomic E-state index is 5.38. The van der Waals surface area contributed by atoms with Gasteiger partial charge >= 0.3 is 0 Å². The third-order valence-corrected chi connectivity index (χ3v) is 2.90. The van der Waals surface area contributed by atoms with Crippen LogP contribution >= 0.6 is 0 Å². The summed E-state index contributed by atoms with van der Waals surface area (Å²) in [4.78, 5) is 0. The summed E-state index contributed by atoms with van der Waals surface area (Å²) in [5.74, 6) is 1.62. The van der Waals surface area contributed by atoms with Gasteiger partial charge in [-0.2, -0.15) is 0 Å². The molecule has 0 aromatic heterocycles. The van der Waals surface area contributed by atoms with Crippen LogP contribution in [0.2, 0.25) is 0 Å². The third-order valence-electron chi connectivity index (χ3n) is 2.90. The summed E-state index contributed by atoms with van der Waals surface area (Å²) in [7, 11) is 1.73. The number of hydrogen-bond acceptors (Lipinski definition) is 2. The molecule has 0 radical (unpaired) electrons. The SMILES string of the molecule is CCNC(Cc1ccccc1OC)C(C)C. The Balaban J connectivity index is 2.76. The van der Waals surface area contributed by atoms with Crippen molar-refractivity contribution in [2.45, 2.75) is 33.2 Å². The topological polar surface area (TPSA) is 21.3 Å². The lowest BCUT2D eigenvalue weighted by Gasteiger charge is -2.22. The fourth-order valence-electron chi connectivity index (χ4n) is 1.91. The number of benzene rings is 1. The summed E-state index contributed by atoms with van der Waals surface area (Å²) in [6, 6.07) is 8.77. The van der Waals surface area contributed by atoms with Crippen LogP contribution < -0.4 is 10.1 Å². The Morgan fingerprint density at radius 1 is 1.25 bits per heavy atom. The molecule has 2 heteroatoms. The van der Waals surface area contributed by atoms with E-state index in [1.807, 2.05) is 12.1 Å². The minimum atomic E-state index is 0.515. The molecule has 16 heavy (non-hydrogen) atoms. The first-order valence-corrected chi connectivity index (χ1v) is 6.04. The Morgan fingerprint density at radius 2 is 1.94 bits per heavy atom. The fourth-order valence-corrected chi connectivity index (χ4v) is 1.91. The van der Waals surface area contributed by atoms with Crippen LogP contribution in [0.15, 0.2) is 24.3 Å². The van der Waals surface area contributed by atoms with E-state index in [1.54, 1.807) is 7.11 Å². The molecule has 2 nitrogen and oxygen atoms in total. The predicted molar refractivity (Wildman–Crippen MR) is 69.0 cm³/mol. The van der Waals surface area contributed by atoms with E-state index in [-0.39, 0.29) is 0 Å². The number of hydrogen-bond donors (Lipinski definition) is 1. The van der Waals surface area contributed by atoms with Crippen molar-refractivity contribution in [2.75, 3.05) is 13.7 Å². The predicted octanol–water partition coefficient (Wildman–Crippen LogP) is 2.87. The van der Waals surface area contributed by atoms with Gasteiger partial charge in [0.15, 0.2) is 0 Å². The number of methoxy groups -OCH3 is 1. The zero-order chi connectivity index (χ0) is 12.0. The molecule has 0 bridgehead atoms. The molecule has 0 amide bonds. The van der Waals surface area contributed by atoms with Crippen molar-refractivity contribution >= 4 is 0 Å². The standard InChI is InChI=1S/C14H23NO/c1-5-15-13(11(2)3)10-12-8-6-7-9-14(12)16-4/h6-9,11,13,15H,5,10H2,1-4H3. The number of nitrogens with one attached hydrogen (secondary N) is 1. The molecule has 1 N–H and O–H groups in total. The lowest BCUT2D eigenvalue weighted by Crippen LogP contribution is -2.35. The molecule has 1 aromatic rings. The van der Waals surface area contributed by atoms with Crippen LogP contribution in [0.4, 0.5) is 0 Å². The van der Waals surface area contributed by atoms with Crippen molar-refractivity contribution in [3.63, 3.8) is 0 Å². The van der Waals surface area contributed by atoms with Crippen LogP contribution in [-0.4, -0.2) is 19.7 Å². The van der Waals surface area contributed by atoms with E-state index < -0.39 is 0 Å². The molecule has 1 atom stereocenters. The van der Waals surface area contributed by atoms with E-state index >= 15 is 0 Å². The van der Waals surface area contributed by atoms with Gasteiger partial charge in [0, 0.05) is 6.04 Å². The van der Waals surface area contributed by atoms with Crippen molar-refractivity contribution in [1.82, 2.24) is 5.32 Å². The zero-order valence-electron chi connectivity index (χ0n) is 10.8. The highest BCUT2D eigenvalue weighted by Gasteiger charge is 2.14. The maximum Gasteiger partial charge on any atom is 0.122 e. The van der Waals surface area contributed by atoms with Crippen molar-refractivity contribution in [3.05, 3.63) is 29.8 Å². The number of rotatable bonds is 6. The summed E-state index contributed by atoms with van der Waals surface area (Å²) in [6.07, 6.45) is 1.02. The number of ether oxygens (including phenoxy) is 1. The van der Waals surface area contributed by atoms with Crippen LogP contribution in [-0.2, 0) is 6.42 Å². The van der Waals surface area contributed by atoms with E-state index in [9.17, 15) is 0 Å². The summed E-state index contributed by atoms with van der Waals surface area (Å²) < 4.78 is 5.38. The van der Waals surface area contributed by atoms with Crippen LogP contribution in [0.25, 0.3) is 0 Å². The summed E-state index contributed by atoms with van der Waals surface area (Å²) >= 11 is 0. The molecule has 1 rings (SSSR count). The van der Waals surface area contributed by atoms with Crippen molar-refractivity contribution in [1.29, 1.82) is 0 Å². The Labute approximate surface area is 99.0 Å². The van der Waals surface area contributed by atoms with Crippen LogP contribution in [0.5, 0.6) is 5.75 Å². The van der Waals surface area contributed by atoms with Gasteiger partial charge in [0.05, 0.1) is 7.11 Å². The quantitative estimate of drug-likeness (QED) is 0.797. The lowest BCUT2D eigenvalue weighted by molar-refractivity contribution is 0.383. The number of para-hydroxylation sites is 1. The van der Waals surface area contributed by atoms with Crippen molar-refractivity contribution < 1.29 is 4.74 Å². The van der Waals surface area contributed by atoms with E-state index in [4.69, 9.17) is 4.74 Å².